The smallest absolute Gasteiger partial charge is 0.328 e. The number of nitrogens with two attached hydrogens (primary N) is 1. The molecule has 7 nitrogen and oxygen atoms in total. The number of hydrogen-bond donors (Lipinski definition) is 3. The van der Waals surface area contributed by atoms with Gasteiger partial charge in [-0.1, -0.05) is 0 Å². The van der Waals surface area contributed by atoms with Gasteiger partial charge in [0.05, 0.1) is 10.9 Å². The van der Waals surface area contributed by atoms with E-state index >= 15 is 0 Å². The predicted octanol–water partition coefficient (Wildman–Crippen LogP) is -0.212. The highest BCUT2D eigenvalue weighted by atomic mass is 16.2. The van der Waals surface area contributed by atoms with Crippen LogP contribution in [0, 0.1) is 0 Å². The van der Waals surface area contributed by atoms with Crippen molar-refractivity contribution >= 4 is 16.8 Å². The van der Waals surface area contributed by atoms with Crippen LogP contribution in [-0.4, -0.2) is 28.5 Å². The van der Waals surface area contributed by atoms with Gasteiger partial charge >= 0.3 is 5.69 Å². The molecule has 0 saturated carbocycles. The first-order valence-electron chi connectivity index (χ1n) is 6.83. The van der Waals surface area contributed by atoms with Crippen LogP contribution in [0.4, 0.5) is 0 Å². The molecule has 0 unspecified atom stereocenters. The number of nitrogens with one attached hydrogen (secondary N) is 2. The number of nitrogens with zero attached hydrogens (tertiary/aromatic N) is 1. The summed E-state index contributed by atoms with van der Waals surface area (Å²) in [5, 5.41) is 3.11. The van der Waals surface area contributed by atoms with Gasteiger partial charge in [-0.15, -0.1) is 0 Å². The first-order chi connectivity index (χ1) is 10.1. The van der Waals surface area contributed by atoms with Crippen molar-refractivity contribution in [3.8, 4) is 0 Å². The maximum absolute atomic E-state index is 12.1. The first-order valence-corrected chi connectivity index (χ1v) is 6.83. The molecule has 0 radical (unpaired) electrons. The lowest BCUT2D eigenvalue weighted by molar-refractivity contribution is 0.0953. The van der Waals surface area contributed by atoms with Gasteiger partial charge < -0.3 is 16.0 Å². The Kier molecular flexibility index (Phi) is 4.54. The highest BCUT2D eigenvalue weighted by molar-refractivity contribution is 5.97. The molecular weight excluding hydrogens is 272 g/mol. The lowest BCUT2D eigenvalue weighted by Crippen LogP contribution is -2.34. The van der Waals surface area contributed by atoms with E-state index in [1.54, 1.807) is 19.1 Å². The van der Waals surface area contributed by atoms with E-state index in [0.717, 1.165) is 4.57 Å². The van der Waals surface area contributed by atoms with E-state index in [2.05, 4.69) is 10.3 Å². The molecule has 0 saturated heterocycles. The Balaban J connectivity index is 2.41. The van der Waals surface area contributed by atoms with Gasteiger partial charge in [0.25, 0.3) is 11.5 Å². The summed E-state index contributed by atoms with van der Waals surface area (Å²) in [6.45, 7) is 3.01. The van der Waals surface area contributed by atoms with Gasteiger partial charge in [0.1, 0.15) is 0 Å². The summed E-state index contributed by atoms with van der Waals surface area (Å²) in [4.78, 5) is 38.4. The summed E-state index contributed by atoms with van der Waals surface area (Å²) < 4.78 is 1.11. The molecule has 1 heterocycles. The number of carbonyl (C=O) groups is 1. The standard InChI is InChI=1S/C14H18N4O3/c1-2-18-13(20)10-5-4-9(8-11(10)17-14(18)21)12(19)16-7-3-6-15/h4-5,8H,2-3,6-7,15H2,1H3,(H,16,19)(H,17,21). The number of benzene rings is 1. The number of aromatic amines is 1. The number of aromatic nitrogens is 2. The SMILES string of the molecule is CCn1c(=O)[nH]c2cc(C(=O)NCCCN)ccc2c1=O. The van der Waals surface area contributed by atoms with E-state index in [0.29, 0.717) is 42.5 Å². The zero-order valence-electron chi connectivity index (χ0n) is 11.8. The fourth-order valence-electron chi connectivity index (χ4n) is 2.09. The van der Waals surface area contributed by atoms with E-state index in [-0.39, 0.29) is 11.5 Å². The molecule has 0 aliphatic rings. The van der Waals surface area contributed by atoms with Crippen LogP contribution in [0.25, 0.3) is 10.9 Å². The minimum absolute atomic E-state index is 0.258. The van der Waals surface area contributed by atoms with Crippen LogP contribution >= 0.6 is 0 Å². The van der Waals surface area contributed by atoms with Gasteiger partial charge in [0, 0.05) is 18.7 Å². The minimum Gasteiger partial charge on any atom is -0.352 e. The normalized spacial score (nSPS) is 10.8. The number of hydrogen-bond acceptors (Lipinski definition) is 4. The monoisotopic (exact) mass is 290 g/mol. The Morgan fingerprint density at radius 1 is 1.38 bits per heavy atom. The van der Waals surface area contributed by atoms with Crippen molar-refractivity contribution < 1.29 is 4.79 Å². The van der Waals surface area contributed by atoms with Crippen molar-refractivity contribution in [1.82, 2.24) is 14.9 Å². The number of amides is 1. The van der Waals surface area contributed by atoms with E-state index in [1.807, 2.05) is 0 Å². The van der Waals surface area contributed by atoms with Crippen LogP contribution in [0.5, 0.6) is 0 Å². The molecule has 7 heteroatoms. The van der Waals surface area contributed by atoms with Gasteiger partial charge in [-0.3, -0.25) is 14.2 Å². The van der Waals surface area contributed by atoms with Gasteiger partial charge in [0.2, 0.25) is 0 Å². The summed E-state index contributed by atoms with van der Waals surface area (Å²) in [5.41, 5.74) is 5.28. The third kappa shape index (κ3) is 3.03. The average Bonchev–Trinajstić information content (AvgIpc) is 2.47. The first kappa shape index (κ1) is 15.0. The van der Waals surface area contributed by atoms with Crippen LogP contribution in [0.1, 0.15) is 23.7 Å². The fraction of sp³-hybridized carbons (Fsp3) is 0.357. The Bertz CT molecular complexity index is 776. The maximum Gasteiger partial charge on any atom is 0.328 e. The number of fused-ring (bicyclic) bond motifs is 1. The molecule has 1 aromatic heterocycles. The van der Waals surface area contributed by atoms with Crippen molar-refractivity contribution in [2.24, 2.45) is 5.73 Å². The Morgan fingerprint density at radius 3 is 2.81 bits per heavy atom. The zero-order valence-corrected chi connectivity index (χ0v) is 11.8. The third-order valence-electron chi connectivity index (χ3n) is 3.23. The largest absolute Gasteiger partial charge is 0.352 e. The highest BCUT2D eigenvalue weighted by Crippen LogP contribution is 2.09. The molecule has 0 atom stereocenters. The maximum atomic E-state index is 12.1. The van der Waals surface area contributed by atoms with Crippen molar-refractivity contribution in [3.05, 3.63) is 44.6 Å². The molecule has 0 spiro atoms. The second kappa shape index (κ2) is 6.36. The molecule has 0 fully saturated rings. The number of rotatable bonds is 5. The second-order valence-electron chi connectivity index (χ2n) is 4.64. The van der Waals surface area contributed by atoms with Crippen molar-refractivity contribution in [1.29, 1.82) is 0 Å². The molecule has 21 heavy (non-hydrogen) atoms. The van der Waals surface area contributed by atoms with Crippen LogP contribution < -0.4 is 22.3 Å². The Labute approximate surface area is 120 Å². The van der Waals surface area contributed by atoms with E-state index < -0.39 is 5.69 Å². The predicted molar refractivity (Wildman–Crippen MR) is 80.5 cm³/mol. The number of carbonyl (C=O) groups excluding carboxylic acids is 1. The lowest BCUT2D eigenvalue weighted by Gasteiger charge is -2.07. The fourth-order valence-corrected chi connectivity index (χ4v) is 2.09. The molecule has 1 aromatic carbocycles. The average molecular weight is 290 g/mol. The third-order valence-corrected chi connectivity index (χ3v) is 3.23. The van der Waals surface area contributed by atoms with Crippen LogP contribution in [-0.2, 0) is 6.54 Å². The van der Waals surface area contributed by atoms with Crippen LogP contribution in [0.3, 0.4) is 0 Å². The van der Waals surface area contributed by atoms with Crippen molar-refractivity contribution in [2.75, 3.05) is 13.1 Å². The summed E-state index contributed by atoms with van der Waals surface area (Å²) in [6, 6.07) is 4.63. The Hall–Kier alpha value is -2.41. The molecular formula is C14H18N4O3. The Morgan fingerprint density at radius 2 is 2.14 bits per heavy atom. The molecule has 0 aliphatic carbocycles. The summed E-state index contributed by atoms with van der Waals surface area (Å²) in [6.07, 6.45) is 0.692. The molecule has 2 rings (SSSR count). The van der Waals surface area contributed by atoms with Crippen LogP contribution in [0.2, 0.25) is 0 Å². The highest BCUT2D eigenvalue weighted by Gasteiger charge is 2.10. The molecule has 0 aliphatic heterocycles. The second-order valence-corrected chi connectivity index (χ2v) is 4.64. The lowest BCUT2D eigenvalue weighted by atomic mass is 10.1. The molecule has 1 amide bonds. The topological polar surface area (TPSA) is 110 Å². The summed E-state index contributed by atoms with van der Waals surface area (Å²) in [7, 11) is 0. The van der Waals surface area contributed by atoms with Gasteiger partial charge in [0.15, 0.2) is 0 Å². The summed E-state index contributed by atoms with van der Waals surface area (Å²) >= 11 is 0. The molecule has 112 valence electrons. The molecule has 2 aromatic rings. The van der Waals surface area contributed by atoms with E-state index in [4.69, 9.17) is 5.73 Å². The van der Waals surface area contributed by atoms with Crippen LogP contribution in [0.15, 0.2) is 27.8 Å². The molecule has 4 N–H and O–H groups in total. The zero-order chi connectivity index (χ0) is 15.4. The van der Waals surface area contributed by atoms with Gasteiger partial charge in [-0.05, 0) is 38.1 Å². The minimum atomic E-state index is -0.476. The quantitative estimate of drug-likeness (QED) is 0.662. The van der Waals surface area contributed by atoms with E-state index in [1.165, 1.54) is 6.07 Å². The van der Waals surface area contributed by atoms with E-state index in [9.17, 15) is 14.4 Å². The van der Waals surface area contributed by atoms with Gasteiger partial charge in [-0.25, -0.2) is 4.79 Å². The summed E-state index contributed by atoms with van der Waals surface area (Å²) in [5.74, 6) is -0.258. The van der Waals surface area contributed by atoms with Gasteiger partial charge in [-0.2, -0.15) is 0 Å². The number of H-pyrrole nitrogens is 1. The van der Waals surface area contributed by atoms with Crippen molar-refractivity contribution in [3.63, 3.8) is 0 Å². The molecule has 0 bridgehead atoms. The van der Waals surface area contributed by atoms with Crippen molar-refractivity contribution in [2.45, 2.75) is 19.9 Å².